The van der Waals surface area contributed by atoms with Crippen molar-refractivity contribution < 1.29 is 14.7 Å². The number of aryl methyl sites for hydroxylation is 1. The first-order valence-electron chi connectivity index (χ1n) is 6.37. The first kappa shape index (κ1) is 15.2. The van der Waals surface area contributed by atoms with E-state index < -0.39 is 5.97 Å². The first-order valence-corrected chi connectivity index (χ1v) is 6.37. The second-order valence-electron chi connectivity index (χ2n) is 4.41. The maximum absolute atomic E-state index is 11.6. The van der Waals surface area contributed by atoms with Crippen molar-refractivity contribution in [3.8, 4) is 0 Å². The Morgan fingerprint density at radius 1 is 1.21 bits per heavy atom. The Balaban J connectivity index is 2.13. The van der Waals surface area contributed by atoms with Crippen molar-refractivity contribution in [3.05, 3.63) is 29.8 Å². The van der Waals surface area contributed by atoms with E-state index in [0.29, 0.717) is 25.9 Å². The van der Waals surface area contributed by atoms with Crippen LogP contribution in [0.5, 0.6) is 0 Å². The number of hydrogen-bond acceptors (Lipinski definition) is 3. The molecule has 5 nitrogen and oxygen atoms in total. The van der Waals surface area contributed by atoms with Crippen LogP contribution in [-0.2, 0) is 9.59 Å². The number of carboxylic acid groups (broad SMARTS) is 1. The van der Waals surface area contributed by atoms with E-state index in [4.69, 9.17) is 5.11 Å². The highest BCUT2D eigenvalue weighted by atomic mass is 16.4. The second kappa shape index (κ2) is 8.26. The molecule has 0 fully saturated rings. The molecule has 0 aliphatic heterocycles. The van der Waals surface area contributed by atoms with Gasteiger partial charge in [0.05, 0.1) is 6.42 Å². The maximum atomic E-state index is 11.6. The van der Waals surface area contributed by atoms with Crippen molar-refractivity contribution in [1.29, 1.82) is 0 Å². The molecular formula is C14H20N2O3. The summed E-state index contributed by atoms with van der Waals surface area (Å²) in [6.07, 6.45) is 1.22. The Bertz CT molecular complexity index is 432. The lowest BCUT2D eigenvalue weighted by molar-refractivity contribution is -0.136. The topological polar surface area (TPSA) is 78.4 Å². The number of amides is 1. The summed E-state index contributed by atoms with van der Waals surface area (Å²) in [5.41, 5.74) is 1.91. The molecule has 104 valence electrons. The van der Waals surface area contributed by atoms with Crippen molar-refractivity contribution in [1.82, 2.24) is 5.32 Å². The minimum atomic E-state index is -0.815. The van der Waals surface area contributed by atoms with Crippen molar-refractivity contribution in [2.75, 3.05) is 18.4 Å². The number of carbonyl (C=O) groups excluding carboxylic acids is 1. The van der Waals surface area contributed by atoms with Gasteiger partial charge in [0, 0.05) is 18.7 Å². The molecule has 1 aromatic carbocycles. The van der Waals surface area contributed by atoms with E-state index in [9.17, 15) is 9.59 Å². The fourth-order valence-electron chi connectivity index (χ4n) is 1.64. The van der Waals surface area contributed by atoms with E-state index in [2.05, 4.69) is 10.6 Å². The van der Waals surface area contributed by atoms with Gasteiger partial charge in [-0.15, -0.1) is 0 Å². The molecule has 19 heavy (non-hydrogen) atoms. The Morgan fingerprint density at radius 2 is 2.00 bits per heavy atom. The van der Waals surface area contributed by atoms with Crippen LogP contribution < -0.4 is 10.6 Å². The van der Waals surface area contributed by atoms with Gasteiger partial charge in [-0.25, -0.2) is 0 Å². The van der Waals surface area contributed by atoms with Crippen LogP contribution in [0.4, 0.5) is 5.69 Å². The summed E-state index contributed by atoms with van der Waals surface area (Å²) in [6, 6.07) is 7.65. The van der Waals surface area contributed by atoms with Gasteiger partial charge in [0.15, 0.2) is 0 Å². The number of aliphatic carboxylic acids is 1. The van der Waals surface area contributed by atoms with Crippen LogP contribution in [0.25, 0.3) is 0 Å². The van der Waals surface area contributed by atoms with E-state index in [1.165, 1.54) is 0 Å². The lowest BCUT2D eigenvalue weighted by atomic mass is 10.2. The zero-order chi connectivity index (χ0) is 14.1. The number of nitrogens with one attached hydrogen (secondary N) is 2. The summed E-state index contributed by atoms with van der Waals surface area (Å²) in [4.78, 5) is 21.9. The van der Waals surface area contributed by atoms with Crippen LogP contribution in [0.15, 0.2) is 24.3 Å². The lowest BCUT2D eigenvalue weighted by Crippen LogP contribution is -2.21. The van der Waals surface area contributed by atoms with Crippen molar-refractivity contribution in [2.45, 2.75) is 26.2 Å². The van der Waals surface area contributed by atoms with Gasteiger partial charge < -0.3 is 15.7 Å². The molecule has 0 bridgehead atoms. The average molecular weight is 264 g/mol. The van der Waals surface area contributed by atoms with Crippen molar-refractivity contribution >= 4 is 17.6 Å². The van der Waals surface area contributed by atoms with Gasteiger partial charge in [-0.3, -0.25) is 9.59 Å². The fourth-order valence-corrected chi connectivity index (χ4v) is 1.64. The molecule has 0 radical (unpaired) electrons. The molecule has 0 heterocycles. The van der Waals surface area contributed by atoms with E-state index in [0.717, 1.165) is 11.3 Å². The average Bonchev–Trinajstić information content (AvgIpc) is 2.33. The highest BCUT2D eigenvalue weighted by Crippen LogP contribution is 2.09. The van der Waals surface area contributed by atoms with Gasteiger partial charge in [0.25, 0.3) is 0 Å². The lowest BCUT2D eigenvalue weighted by Gasteiger charge is -2.06. The molecule has 0 aliphatic rings. The summed E-state index contributed by atoms with van der Waals surface area (Å²) < 4.78 is 0. The molecule has 0 saturated carbocycles. The Labute approximate surface area is 113 Å². The molecule has 5 heteroatoms. The van der Waals surface area contributed by atoms with Crippen LogP contribution in [0.2, 0.25) is 0 Å². The SMILES string of the molecule is Cc1cccc(NC(=O)CCCNCCC(=O)O)c1. The monoisotopic (exact) mass is 264 g/mol. The highest BCUT2D eigenvalue weighted by molar-refractivity contribution is 5.90. The summed E-state index contributed by atoms with van der Waals surface area (Å²) in [5.74, 6) is -0.838. The quantitative estimate of drug-likeness (QED) is 0.625. The van der Waals surface area contributed by atoms with Gasteiger partial charge >= 0.3 is 5.97 Å². The van der Waals surface area contributed by atoms with E-state index in [1.54, 1.807) is 0 Å². The van der Waals surface area contributed by atoms with E-state index in [-0.39, 0.29) is 12.3 Å². The van der Waals surface area contributed by atoms with Gasteiger partial charge in [0.2, 0.25) is 5.91 Å². The van der Waals surface area contributed by atoms with Gasteiger partial charge in [-0.1, -0.05) is 12.1 Å². The Kier molecular flexibility index (Phi) is 6.60. The first-order chi connectivity index (χ1) is 9.08. The summed E-state index contributed by atoms with van der Waals surface area (Å²) in [5, 5.41) is 14.3. The predicted octanol–water partition coefficient (Wildman–Crippen LogP) is 1.78. The fraction of sp³-hybridized carbons (Fsp3) is 0.429. The largest absolute Gasteiger partial charge is 0.481 e. The number of carboxylic acids is 1. The Hall–Kier alpha value is -1.88. The Morgan fingerprint density at radius 3 is 2.68 bits per heavy atom. The maximum Gasteiger partial charge on any atom is 0.304 e. The summed E-state index contributed by atoms with van der Waals surface area (Å²) in [7, 11) is 0. The molecule has 0 atom stereocenters. The molecule has 0 saturated heterocycles. The van der Waals surface area contributed by atoms with E-state index in [1.807, 2.05) is 31.2 Å². The number of carbonyl (C=O) groups is 2. The minimum absolute atomic E-state index is 0.0226. The number of anilines is 1. The second-order valence-corrected chi connectivity index (χ2v) is 4.41. The molecule has 0 spiro atoms. The third-order valence-corrected chi connectivity index (χ3v) is 2.57. The number of hydrogen-bond donors (Lipinski definition) is 3. The van der Waals surface area contributed by atoms with Crippen LogP contribution in [0.3, 0.4) is 0 Å². The molecule has 3 N–H and O–H groups in total. The summed E-state index contributed by atoms with van der Waals surface area (Å²) >= 11 is 0. The number of benzene rings is 1. The molecule has 1 rings (SSSR count). The van der Waals surface area contributed by atoms with Crippen LogP contribution in [0, 0.1) is 6.92 Å². The zero-order valence-corrected chi connectivity index (χ0v) is 11.1. The van der Waals surface area contributed by atoms with Gasteiger partial charge in [0.1, 0.15) is 0 Å². The minimum Gasteiger partial charge on any atom is -0.481 e. The number of rotatable bonds is 8. The smallest absolute Gasteiger partial charge is 0.304 e. The summed E-state index contributed by atoms with van der Waals surface area (Å²) in [6.45, 7) is 3.06. The molecule has 0 aromatic heterocycles. The van der Waals surface area contributed by atoms with Gasteiger partial charge in [-0.2, -0.15) is 0 Å². The molecule has 1 amide bonds. The molecule has 0 unspecified atom stereocenters. The van der Waals surface area contributed by atoms with Crippen molar-refractivity contribution in [2.24, 2.45) is 0 Å². The van der Waals surface area contributed by atoms with Crippen LogP contribution in [0.1, 0.15) is 24.8 Å². The molecule has 0 aliphatic carbocycles. The van der Waals surface area contributed by atoms with Crippen molar-refractivity contribution in [3.63, 3.8) is 0 Å². The molecule has 1 aromatic rings. The third kappa shape index (κ3) is 7.21. The molecular weight excluding hydrogens is 244 g/mol. The van der Waals surface area contributed by atoms with E-state index >= 15 is 0 Å². The normalized spacial score (nSPS) is 10.2. The van der Waals surface area contributed by atoms with Crippen LogP contribution >= 0.6 is 0 Å². The zero-order valence-electron chi connectivity index (χ0n) is 11.1. The van der Waals surface area contributed by atoms with Crippen LogP contribution in [-0.4, -0.2) is 30.1 Å². The third-order valence-electron chi connectivity index (χ3n) is 2.57. The standard InChI is InChI=1S/C14H20N2O3/c1-11-4-2-5-12(10-11)16-13(17)6-3-8-15-9-7-14(18)19/h2,4-5,10,15H,3,6-9H2,1H3,(H,16,17)(H,18,19). The highest BCUT2D eigenvalue weighted by Gasteiger charge is 2.02. The predicted molar refractivity (Wildman–Crippen MR) is 74.2 cm³/mol. The van der Waals surface area contributed by atoms with Gasteiger partial charge in [-0.05, 0) is 37.6 Å².